The quantitative estimate of drug-likeness (QED) is 0.891. The van der Waals surface area contributed by atoms with Gasteiger partial charge in [-0.05, 0) is 61.8 Å². The molecule has 1 aliphatic carbocycles. The van der Waals surface area contributed by atoms with Gasteiger partial charge in [-0.25, -0.2) is 0 Å². The minimum atomic E-state index is -0.228. The molecule has 1 N–H and O–H groups in total. The number of fused-ring (bicyclic) bond motifs is 1. The fourth-order valence-corrected chi connectivity index (χ4v) is 3.91. The molecule has 1 atom stereocenters. The molecule has 108 valence electrons. The number of carbonyl (C=O) groups excluding carboxylic acids is 1. The second-order valence-electron chi connectivity index (χ2n) is 6.42. The predicted molar refractivity (Wildman–Crippen MR) is 82.1 cm³/mol. The molecule has 1 aromatic carbocycles. The standard InChI is InChI=1S/C18H25NO/c1-2-9-18(10-4-11-19-18)17(20)13-14-7-8-15-5-3-6-16(15)12-14/h7-8,12,19H,2-6,9-11,13H2,1H3. The molecule has 2 heteroatoms. The van der Waals surface area contributed by atoms with Crippen LogP contribution in [0.3, 0.4) is 0 Å². The zero-order valence-corrected chi connectivity index (χ0v) is 12.5. The summed E-state index contributed by atoms with van der Waals surface area (Å²) in [5.74, 6) is 0.398. The largest absolute Gasteiger partial charge is 0.305 e. The Hall–Kier alpha value is -1.15. The third-order valence-electron chi connectivity index (χ3n) is 4.98. The summed E-state index contributed by atoms with van der Waals surface area (Å²) < 4.78 is 0. The summed E-state index contributed by atoms with van der Waals surface area (Å²) in [6.45, 7) is 3.17. The van der Waals surface area contributed by atoms with E-state index in [1.54, 1.807) is 0 Å². The van der Waals surface area contributed by atoms with Crippen LogP contribution in [0.25, 0.3) is 0 Å². The first-order chi connectivity index (χ1) is 9.73. The molecule has 1 saturated heterocycles. The molecule has 20 heavy (non-hydrogen) atoms. The summed E-state index contributed by atoms with van der Waals surface area (Å²) in [7, 11) is 0. The van der Waals surface area contributed by atoms with Crippen molar-refractivity contribution in [2.75, 3.05) is 6.54 Å². The van der Waals surface area contributed by atoms with E-state index in [4.69, 9.17) is 0 Å². The summed E-state index contributed by atoms with van der Waals surface area (Å²) >= 11 is 0. The number of nitrogens with one attached hydrogen (secondary N) is 1. The molecule has 1 heterocycles. The fourth-order valence-electron chi connectivity index (χ4n) is 3.91. The Kier molecular flexibility index (Phi) is 3.93. The Balaban J connectivity index is 1.74. The van der Waals surface area contributed by atoms with Crippen LogP contribution in [0, 0.1) is 0 Å². The lowest BCUT2D eigenvalue weighted by molar-refractivity contribution is -0.124. The maximum atomic E-state index is 12.8. The van der Waals surface area contributed by atoms with Crippen LogP contribution >= 0.6 is 0 Å². The number of Topliss-reactive ketones (excluding diaryl/α,β-unsaturated/α-hetero) is 1. The van der Waals surface area contributed by atoms with Gasteiger partial charge in [-0.1, -0.05) is 31.5 Å². The van der Waals surface area contributed by atoms with E-state index in [0.717, 1.165) is 32.2 Å². The highest BCUT2D eigenvalue weighted by Gasteiger charge is 2.39. The van der Waals surface area contributed by atoms with Gasteiger partial charge in [-0.2, -0.15) is 0 Å². The van der Waals surface area contributed by atoms with Crippen molar-refractivity contribution in [1.82, 2.24) is 5.32 Å². The molecule has 0 amide bonds. The van der Waals surface area contributed by atoms with E-state index in [2.05, 4.69) is 30.4 Å². The molecule has 2 aliphatic rings. The van der Waals surface area contributed by atoms with Crippen molar-refractivity contribution in [3.63, 3.8) is 0 Å². The summed E-state index contributed by atoms with van der Waals surface area (Å²) in [6.07, 6.45) is 8.48. The number of hydrogen-bond donors (Lipinski definition) is 1. The normalized spacial score (nSPS) is 24.9. The minimum Gasteiger partial charge on any atom is -0.305 e. The van der Waals surface area contributed by atoms with E-state index in [1.807, 2.05) is 0 Å². The minimum absolute atomic E-state index is 0.228. The fraction of sp³-hybridized carbons (Fsp3) is 0.611. The van der Waals surface area contributed by atoms with Gasteiger partial charge in [-0.15, -0.1) is 0 Å². The van der Waals surface area contributed by atoms with Gasteiger partial charge in [0.1, 0.15) is 0 Å². The van der Waals surface area contributed by atoms with E-state index in [-0.39, 0.29) is 5.54 Å². The van der Waals surface area contributed by atoms with Gasteiger partial charge >= 0.3 is 0 Å². The maximum absolute atomic E-state index is 12.8. The number of rotatable bonds is 5. The molecular weight excluding hydrogens is 246 g/mol. The molecule has 3 rings (SSSR count). The van der Waals surface area contributed by atoms with Gasteiger partial charge in [0.15, 0.2) is 5.78 Å². The van der Waals surface area contributed by atoms with Crippen LogP contribution in [0.5, 0.6) is 0 Å². The lowest BCUT2D eigenvalue weighted by atomic mass is 9.84. The van der Waals surface area contributed by atoms with Crippen LogP contribution in [0.1, 0.15) is 55.7 Å². The molecule has 0 saturated carbocycles. The third-order valence-corrected chi connectivity index (χ3v) is 4.98. The van der Waals surface area contributed by atoms with Gasteiger partial charge < -0.3 is 5.32 Å². The number of benzene rings is 1. The van der Waals surface area contributed by atoms with Crippen LogP contribution in [-0.2, 0) is 24.1 Å². The first kappa shape index (κ1) is 13.8. The van der Waals surface area contributed by atoms with E-state index < -0.39 is 0 Å². The topological polar surface area (TPSA) is 29.1 Å². The first-order valence-corrected chi connectivity index (χ1v) is 8.12. The van der Waals surface area contributed by atoms with Crippen LogP contribution in [0.15, 0.2) is 18.2 Å². The van der Waals surface area contributed by atoms with Crippen LogP contribution in [0.2, 0.25) is 0 Å². The van der Waals surface area contributed by atoms with E-state index in [9.17, 15) is 4.79 Å². The highest BCUT2D eigenvalue weighted by Crippen LogP contribution is 2.28. The number of aryl methyl sites for hydroxylation is 2. The Labute approximate surface area is 122 Å². The van der Waals surface area contributed by atoms with Gasteiger partial charge in [0.2, 0.25) is 0 Å². The average Bonchev–Trinajstić information content (AvgIpc) is 3.08. The van der Waals surface area contributed by atoms with E-state index in [0.29, 0.717) is 12.2 Å². The van der Waals surface area contributed by atoms with Gasteiger partial charge in [0, 0.05) is 6.42 Å². The van der Waals surface area contributed by atoms with Crippen LogP contribution < -0.4 is 5.32 Å². The summed E-state index contributed by atoms with van der Waals surface area (Å²) in [5.41, 5.74) is 3.94. The van der Waals surface area contributed by atoms with Gasteiger partial charge in [0.05, 0.1) is 5.54 Å². The van der Waals surface area contributed by atoms with Crippen molar-refractivity contribution in [2.24, 2.45) is 0 Å². The van der Waals surface area contributed by atoms with E-state index in [1.165, 1.54) is 36.0 Å². The highest BCUT2D eigenvalue weighted by atomic mass is 16.1. The SMILES string of the molecule is CCCC1(C(=O)Cc2ccc3c(c2)CCC3)CCCN1. The summed E-state index contributed by atoms with van der Waals surface area (Å²) in [5, 5.41) is 3.49. The molecule has 2 nitrogen and oxygen atoms in total. The van der Waals surface area contributed by atoms with Crippen molar-refractivity contribution < 1.29 is 4.79 Å². The molecule has 1 aliphatic heterocycles. The van der Waals surface area contributed by atoms with Crippen molar-refractivity contribution in [1.29, 1.82) is 0 Å². The smallest absolute Gasteiger partial charge is 0.157 e. The van der Waals surface area contributed by atoms with Crippen molar-refractivity contribution in [2.45, 2.75) is 63.8 Å². The van der Waals surface area contributed by atoms with Crippen LogP contribution in [0.4, 0.5) is 0 Å². The van der Waals surface area contributed by atoms with Crippen LogP contribution in [-0.4, -0.2) is 17.9 Å². The number of carbonyl (C=O) groups is 1. The Morgan fingerprint density at radius 1 is 1.25 bits per heavy atom. The lowest BCUT2D eigenvalue weighted by Gasteiger charge is -2.27. The molecular formula is C18H25NO. The second kappa shape index (κ2) is 5.69. The highest BCUT2D eigenvalue weighted by molar-refractivity contribution is 5.90. The second-order valence-corrected chi connectivity index (χ2v) is 6.42. The Morgan fingerprint density at radius 3 is 2.85 bits per heavy atom. The van der Waals surface area contributed by atoms with Crippen molar-refractivity contribution >= 4 is 5.78 Å². The van der Waals surface area contributed by atoms with Crippen molar-refractivity contribution in [3.05, 3.63) is 34.9 Å². The average molecular weight is 271 g/mol. The zero-order chi connectivity index (χ0) is 14.0. The van der Waals surface area contributed by atoms with Gasteiger partial charge in [-0.3, -0.25) is 4.79 Å². The molecule has 1 unspecified atom stereocenters. The molecule has 0 radical (unpaired) electrons. The molecule has 0 aromatic heterocycles. The maximum Gasteiger partial charge on any atom is 0.157 e. The zero-order valence-electron chi connectivity index (χ0n) is 12.5. The third kappa shape index (κ3) is 2.54. The molecule has 0 spiro atoms. The first-order valence-electron chi connectivity index (χ1n) is 8.12. The van der Waals surface area contributed by atoms with E-state index >= 15 is 0 Å². The monoisotopic (exact) mass is 271 g/mol. The molecule has 0 bridgehead atoms. The molecule has 1 aromatic rings. The summed E-state index contributed by atoms with van der Waals surface area (Å²) in [6, 6.07) is 6.67. The van der Waals surface area contributed by atoms with Gasteiger partial charge in [0.25, 0.3) is 0 Å². The Morgan fingerprint density at radius 2 is 2.10 bits per heavy atom. The predicted octanol–water partition coefficient (Wildman–Crippen LogP) is 3.21. The number of ketones is 1. The lowest BCUT2D eigenvalue weighted by Crippen LogP contribution is -2.48. The Bertz CT molecular complexity index is 500. The number of hydrogen-bond acceptors (Lipinski definition) is 2. The molecule has 1 fully saturated rings. The summed E-state index contributed by atoms with van der Waals surface area (Å²) in [4.78, 5) is 12.8. The van der Waals surface area contributed by atoms with Crippen molar-refractivity contribution in [3.8, 4) is 0 Å².